The Kier molecular flexibility index (Phi) is 11.3. The Hall–Kier alpha value is -4.05. The fraction of sp³-hybridized carbons (Fsp3) is 0.412. The molecule has 1 aliphatic carbocycles. The van der Waals surface area contributed by atoms with Crippen molar-refractivity contribution in [3.05, 3.63) is 83.9 Å². The number of benzene rings is 3. The van der Waals surface area contributed by atoms with E-state index >= 15 is 0 Å². The van der Waals surface area contributed by atoms with Gasteiger partial charge in [-0.3, -0.25) is 13.9 Å². The number of amides is 2. The van der Waals surface area contributed by atoms with Crippen LogP contribution in [0.25, 0.3) is 0 Å². The molecule has 0 saturated heterocycles. The van der Waals surface area contributed by atoms with Gasteiger partial charge in [0.1, 0.15) is 24.1 Å². The summed E-state index contributed by atoms with van der Waals surface area (Å²) >= 11 is 0. The molecule has 44 heavy (non-hydrogen) atoms. The Morgan fingerprint density at radius 1 is 0.932 bits per heavy atom. The lowest BCUT2D eigenvalue weighted by molar-refractivity contribution is -0.140. The average Bonchev–Trinajstić information content (AvgIpc) is 3.04. The predicted octanol–water partition coefficient (Wildman–Crippen LogP) is 5.46. The number of carbonyl (C=O) groups excluding carboxylic acids is 2. The van der Waals surface area contributed by atoms with Crippen LogP contribution in [0.1, 0.15) is 56.6 Å². The zero-order valence-corrected chi connectivity index (χ0v) is 26.8. The van der Waals surface area contributed by atoms with Crippen molar-refractivity contribution in [2.45, 2.75) is 75.9 Å². The topological polar surface area (TPSA) is 105 Å². The van der Waals surface area contributed by atoms with Crippen LogP contribution in [0.3, 0.4) is 0 Å². The van der Waals surface area contributed by atoms with Crippen molar-refractivity contribution in [2.24, 2.45) is 0 Å². The van der Waals surface area contributed by atoms with Crippen molar-refractivity contribution in [3.63, 3.8) is 0 Å². The second-order valence-corrected chi connectivity index (χ2v) is 13.0. The molecule has 3 aromatic carbocycles. The number of ether oxygens (including phenoxy) is 2. The number of rotatable bonds is 13. The van der Waals surface area contributed by atoms with Gasteiger partial charge in [0.2, 0.25) is 11.8 Å². The van der Waals surface area contributed by atoms with Gasteiger partial charge in [-0.1, -0.05) is 62.6 Å². The number of hydrogen-bond acceptors (Lipinski definition) is 6. The molecule has 0 heterocycles. The number of sulfonamides is 1. The van der Waals surface area contributed by atoms with Gasteiger partial charge in [0, 0.05) is 12.6 Å². The summed E-state index contributed by atoms with van der Waals surface area (Å²) in [5.74, 6) is 0.180. The van der Waals surface area contributed by atoms with E-state index in [-0.39, 0.29) is 29.1 Å². The van der Waals surface area contributed by atoms with E-state index in [1.54, 1.807) is 43.5 Å². The molecule has 3 aromatic rings. The third-order valence-electron chi connectivity index (χ3n) is 8.04. The smallest absolute Gasteiger partial charge is 0.264 e. The monoisotopic (exact) mass is 621 g/mol. The first-order valence-electron chi connectivity index (χ1n) is 15.1. The van der Waals surface area contributed by atoms with Crippen LogP contribution in [0.5, 0.6) is 11.5 Å². The van der Waals surface area contributed by atoms with Crippen molar-refractivity contribution in [3.8, 4) is 11.5 Å². The Morgan fingerprint density at radius 3 is 2.32 bits per heavy atom. The van der Waals surface area contributed by atoms with Crippen LogP contribution in [0.2, 0.25) is 0 Å². The van der Waals surface area contributed by atoms with Crippen molar-refractivity contribution < 1.29 is 27.5 Å². The highest BCUT2D eigenvalue weighted by Crippen LogP contribution is 2.34. The first-order valence-corrected chi connectivity index (χ1v) is 16.6. The minimum Gasteiger partial charge on any atom is -0.497 e. The normalized spacial score (nSPS) is 14.4. The molecule has 0 aromatic heterocycles. The van der Waals surface area contributed by atoms with Gasteiger partial charge in [-0.15, -0.1) is 0 Å². The molecule has 1 fully saturated rings. The molecule has 1 atom stereocenters. The second-order valence-electron chi connectivity index (χ2n) is 11.1. The Bertz CT molecular complexity index is 1520. The molecular formula is C34H43N3O6S. The summed E-state index contributed by atoms with van der Waals surface area (Å²) in [6.07, 6.45) is 5.42. The van der Waals surface area contributed by atoms with Crippen LogP contribution in [0.4, 0.5) is 5.69 Å². The number of anilines is 1. The molecule has 9 nitrogen and oxygen atoms in total. The molecule has 2 amide bonds. The van der Waals surface area contributed by atoms with Crippen molar-refractivity contribution in [1.29, 1.82) is 0 Å². The van der Waals surface area contributed by atoms with E-state index in [4.69, 9.17) is 9.47 Å². The van der Waals surface area contributed by atoms with Gasteiger partial charge in [-0.2, -0.15) is 0 Å². The maximum absolute atomic E-state index is 14.4. The van der Waals surface area contributed by atoms with E-state index in [1.165, 1.54) is 24.1 Å². The van der Waals surface area contributed by atoms with E-state index in [0.29, 0.717) is 17.9 Å². The summed E-state index contributed by atoms with van der Waals surface area (Å²) in [6.45, 7) is 3.26. The molecule has 1 aliphatic rings. The number of aryl methyl sites for hydroxylation is 1. The molecule has 0 aliphatic heterocycles. The van der Waals surface area contributed by atoms with Gasteiger partial charge in [0.25, 0.3) is 10.0 Å². The molecule has 4 rings (SSSR count). The van der Waals surface area contributed by atoms with E-state index in [0.717, 1.165) is 47.5 Å². The lowest BCUT2D eigenvalue weighted by atomic mass is 9.95. The Morgan fingerprint density at radius 2 is 1.66 bits per heavy atom. The third kappa shape index (κ3) is 7.91. The zero-order chi connectivity index (χ0) is 31.7. The molecule has 1 saturated carbocycles. The highest BCUT2D eigenvalue weighted by Gasteiger charge is 2.35. The first-order chi connectivity index (χ1) is 21.2. The van der Waals surface area contributed by atoms with Gasteiger partial charge in [0.15, 0.2) is 0 Å². The predicted molar refractivity (Wildman–Crippen MR) is 171 cm³/mol. The molecule has 236 valence electrons. The SMILES string of the molecule is CCC(C(=O)NC1CCCCC1)N(Cc1cccc(OC)c1)C(=O)CN(c1cc(C)ccc1OC)S(=O)(=O)c1ccccc1. The molecule has 0 radical (unpaired) electrons. The number of carbonyl (C=O) groups is 2. The van der Waals surface area contributed by atoms with Crippen molar-refractivity contribution in [1.82, 2.24) is 10.2 Å². The minimum atomic E-state index is -4.21. The lowest BCUT2D eigenvalue weighted by Crippen LogP contribution is -2.54. The maximum atomic E-state index is 14.4. The number of nitrogens with zero attached hydrogens (tertiary/aromatic N) is 2. The third-order valence-corrected chi connectivity index (χ3v) is 9.81. The van der Waals surface area contributed by atoms with E-state index in [1.807, 2.05) is 38.1 Å². The number of hydrogen-bond donors (Lipinski definition) is 1. The maximum Gasteiger partial charge on any atom is 0.264 e. The van der Waals surface area contributed by atoms with Crippen molar-refractivity contribution in [2.75, 3.05) is 25.1 Å². The van der Waals surface area contributed by atoms with E-state index in [2.05, 4.69) is 5.32 Å². The van der Waals surface area contributed by atoms with Crippen LogP contribution in [0.15, 0.2) is 77.7 Å². The largest absolute Gasteiger partial charge is 0.497 e. The Labute approximate surface area is 261 Å². The second kappa shape index (κ2) is 15.1. The molecular weight excluding hydrogens is 578 g/mol. The number of methoxy groups -OCH3 is 2. The highest BCUT2D eigenvalue weighted by atomic mass is 32.2. The van der Waals surface area contributed by atoms with Crippen LogP contribution in [-0.2, 0) is 26.2 Å². The minimum absolute atomic E-state index is 0.0396. The summed E-state index contributed by atoms with van der Waals surface area (Å²) < 4.78 is 40.3. The van der Waals surface area contributed by atoms with Crippen LogP contribution < -0.4 is 19.1 Å². The average molecular weight is 622 g/mol. The summed E-state index contributed by atoms with van der Waals surface area (Å²) in [4.78, 5) is 29.7. The van der Waals surface area contributed by atoms with Gasteiger partial charge in [-0.25, -0.2) is 8.42 Å². The summed E-state index contributed by atoms with van der Waals surface area (Å²) in [5.41, 5.74) is 1.80. The first kappa shape index (κ1) is 32.9. The van der Waals surface area contributed by atoms with Gasteiger partial charge < -0.3 is 19.7 Å². The van der Waals surface area contributed by atoms with E-state index in [9.17, 15) is 18.0 Å². The highest BCUT2D eigenvalue weighted by molar-refractivity contribution is 7.92. The molecule has 1 unspecified atom stereocenters. The molecule has 0 spiro atoms. The van der Waals surface area contributed by atoms with Gasteiger partial charge in [0.05, 0.1) is 24.8 Å². The van der Waals surface area contributed by atoms with Crippen LogP contribution in [0, 0.1) is 6.92 Å². The van der Waals surface area contributed by atoms with Gasteiger partial charge >= 0.3 is 0 Å². The summed E-state index contributed by atoms with van der Waals surface area (Å²) in [7, 11) is -1.18. The summed E-state index contributed by atoms with van der Waals surface area (Å²) in [6, 6.07) is 19.7. The van der Waals surface area contributed by atoms with Crippen LogP contribution in [-0.4, -0.2) is 58.0 Å². The fourth-order valence-corrected chi connectivity index (χ4v) is 7.10. The standard InChI is InChI=1S/C34H43N3O6S/c1-5-30(34(39)35-27-14-8-6-9-15-27)36(23-26-13-12-16-28(22-26)42-3)33(38)24-37(31-21-25(2)19-20-32(31)43-4)44(40,41)29-17-10-7-11-18-29/h7,10-13,16-22,27,30H,5-6,8-9,14-15,23-24H2,1-4H3,(H,35,39). The van der Waals surface area contributed by atoms with Gasteiger partial charge in [-0.05, 0) is 73.7 Å². The fourth-order valence-electron chi connectivity index (χ4n) is 5.66. The Balaban J connectivity index is 1.76. The lowest BCUT2D eigenvalue weighted by Gasteiger charge is -2.34. The van der Waals surface area contributed by atoms with E-state index < -0.39 is 28.5 Å². The molecule has 0 bridgehead atoms. The van der Waals surface area contributed by atoms with Crippen molar-refractivity contribution >= 4 is 27.5 Å². The zero-order valence-electron chi connectivity index (χ0n) is 26.0. The quantitative estimate of drug-likeness (QED) is 0.272. The number of nitrogens with one attached hydrogen (secondary N) is 1. The molecule has 10 heteroatoms. The van der Waals surface area contributed by atoms with Crippen LogP contribution >= 0.6 is 0 Å². The molecule has 1 N–H and O–H groups in total. The summed E-state index contributed by atoms with van der Waals surface area (Å²) in [5, 5.41) is 3.17.